The molecule has 124 valence electrons. The van der Waals surface area contributed by atoms with Crippen molar-refractivity contribution in [1.82, 2.24) is 4.98 Å². The van der Waals surface area contributed by atoms with Gasteiger partial charge in [-0.25, -0.2) is 4.98 Å². The minimum absolute atomic E-state index is 0.347. The number of nitrogens with two attached hydrogens (primary N) is 1. The molecule has 0 spiro atoms. The molecule has 1 amide bonds. The van der Waals surface area contributed by atoms with Crippen molar-refractivity contribution in [1.29, 1.82) is 0 Å². The molecule has 4 heterocycles. The van der Waals surface area contributed by atoms with E-state index in [4.69, 9.17) is 10.7 Å². The van der Waals surface area contributed by atoms with E-state index in [0.29, 0.717) is 5.75 Å². The predicted octanol–water partition coefficient (Wildman–Crippen LogP) is 2.34. The van der Waals surface area contributed by atoms with E-state index in [1.165, 1.54) is 47.4 Å². The van der Waals surface area contributed by atoms with Crippen molar-refractivity contribution >= 4 is 50.0 Å². The topological polar surface area (TPSA) is 71.6 Å². The van der Waals surface area contributed by atoms with Gasteiger partial charge in [0.15, 0.2) is 0 Å². The first-order valence-corrected chi connectivity index (χ1v) is 10.2. The average Bonchev–Trinajstić information content (AvgIpc) is 3.22. The number of fused-ring (bicyclic) bond motifs is 2. The number of nitrogens with zero attached hydrogens (tertiary/aromatic N) is 3. The third-order valence-corrected chi connectivity index (χ3v) is 7.36. The van der Waals surface area contributed by atoms with Crippen LogP contribution in [-0.4, -0.2) is 40.8 Å². The summed E-state index contributed by atoms with van der Waals surface area (Å²) in [6.07, 6.45) is 4.75. The van der Waals surface area contributed by atoms with Crippen molar-refractivity contribution in [2.45, 2.75) is 31.7 Å². The van der Waals surface area contributed by atoms with E-state index in [0.717, 1.165) is 28.4 Å². The normalized spacial score (nSPS) is 22.6. The molecule has 3 aliphatic heterocycles. The first-order chi connectivity index (χ1) is 11.7. The second kappa shape index (κ2) is 5.46. The largest absolute Gasteiger partial charge is 0.371 e. The minimum atomic E-state index is -0.404. The Balaban J connectivity index is 1.64. The summed E-state index contributed by atoms with van der Waals surface area (Å²) in [7, 11) is 0. The third kappa shape index (κ3) is 2.18. The van der Waals surface area contributed by atoms with E-state index in [9.17, 15) is 4.79 Å². The van der Waals surface area contributed by atoms with E-state index in [2.05, 4.69) is 16.0 Å². The highest BCUT2D eigenvalue weighted by Gasteiger charge is 2.29. The Morgan fingerprint density at radius 1 is 1.29 bits per heavy atom. The van der Waals surface area contributed by atoms with E-state index in [-0.39, 0.29) is 5.91 Å². The fourth-order valence-electron chi connectivity index (χ4n) is 3.97. The van der Waals surface area contributed by atoms with Crippen LogP contribution in [0.5, 0.6) is 0 Å². The van der Waals surface area contributed by atoms with Crippen LogP contribution in [0.25, 0.3) is 10.2 Å². The van der Waals surface area contributed by atoms with Gasteiger partial charge in [-0.2, -0.15) is 0 Å². The van der Waals surface area contributed by atoms with Gasteiger partial charge in [0.2, 0.25) is 5.91 Å². The van der Waals surface area contributed by atoms with E-state index < -0.39 is 6.04 Å². The number of thioether (sulfide) groups is 1. The summed E-state index contributed by atoms with van der Waals surface area (Å²) in [4.78, 5) is 23.2. The third-order valence-electron chi connectivity index (χ3n) is 5.04. The molecular weight excluding hydrogens is 340 g/mol. The number of aliphatic imine (C=N–C) groups is 1. The van der Waals surface area contributed by atoms with Crippen LogP contribution in [0, 0.1) is 0 Å². The molecule has 3 aliphatic rings. The second-order valence-electron chi connectivity index (χ2n) is 6.59. The van der Waals surface area contributed by atoms with Gasteiger partial charge in [0, 0.05) is 24.5 Å². The van der Waals surface area contributed by atoms with Gasteiger partial charge in [0.05, 0.1) is 10.2 Å². The molecule has 0 fully saturated rings. The molecule has 1 aromatic heterocycles. The molecule has 2 aromatic rings. The fourth-order valence-corrected chi connectivity index (χ4v) is 6.20. The molecule has 24 heavy (non-hydrogen) atoms. The Kier molecular flexibility index (Phi) is 3.35. The summed E-state index contributed by atoms with van der Waals surface area (Å²) in [5.41, 5.74) is 10.9. The first kappa shape index (κ1) is 14.7. The number of rotatable bonds is 2. The highest BCUT2D eigenvalue weighted by molar-refractivity contribution is 8.15. The van der Waals surface area contributed by atoms with Crippen LogP contribution in [0.1, 0.15) is 29.0 Å². The molecule has 0 radical (unpaired) electrons. The number of carbonyl (C=O) groups excluding carboxylic acids is 1. The summed E-state index contributed by atoms with van der Waals surface area (Å²) >= 11 is 3.32. The van der Waals surface area contributed by atoms with Crippen molar-refractivity contribution in [2.24, 2.45) is 10.7 Å². The summed E-state index contributed by atoms with van der Waals surface area (Å²) < 4.78 is 1.31. The van der Waals surface area contributed by atoms with Crippen LogP contribution in [0.3, 0.4) is 0 Å². The average molecular weight is 358 g/mol. The van der Waals surface area contributed by atoms with Gasteiger partial charge in [-0.1, -0.05) is 0 Å². The minimum Gasteiger partial charge on any atom is -0.371 e. The van der Waals surface area contributed by atoms with Gasteiger partial charge in [-0.05, 0) is 42.9 Å². The lowest BCUT2D eigenvalue weighted by atomic mass is 9.92. The van der Waals surface area contributed by atoms with Gasteiger partial charge < -0.3 is 10.6 Å². The van der Waals surface area contributed by atoms with E-state index in [1.54, 1.807) is 23.1 Å². The molecule has 0 unspecified atom stereocenters. The standard InChI is InChI=1S/C17H18N4OS2/c18-15(22)12-8-23-16(20-12)17-19-11-7-9-3-1-5-21-6-2-4-10(13(9)21)14(11)24-17/h7,12H,1-6,8H2,(H2,18,22)/t12-/m1/s1. The maximum Gasteiger partial charge on any atom is 0.243 e. The van der Waals surface area contributed by atoms with Crippen LogP contribution in [0.2, 0.25) is 0 Å². The smallest absolute Gasteiger partial charge is 0.243 e. The number of aromatic nitrogens is 1. The number of carbonyl (C=O) groups is 1. The van der Waals surface area contributed by atoms with Crippen LogP contribution < -0.4 is 10.6 Å². The lowest BCUT2D eigenvalue weighted by Crippen LogP contribution is -2.34. The maximum absolute atomic E-state index is 11.3. The zero-order chi connectivity index (χ0) is 16.3. The van der Waals surface area contributed by atoms with Crippen LogP contribution in [-0.2, 0) is 17.6 Å². The summed E-state index contributed by atoms with van der Waals surface area (Å²) in [6, 6.07) is 1.87. The van der Waals surface area contributed by atoms with Gasteiger partial charge in [0.1, 0.15) is 16.1 Å². The number of benzene rings is 1. The molecule has 0 saturated carbocycles. The van der Waals surface area contributed by atoms with Crippen LogP contribution >= 0.6 is 23.1 Å². The van der Waals surface area contributed by atoms with Crippen molar-refractivity contribution in [3.05, 3.63) is 22.2 Å². The number of primary amides is 1. The summed E-state index contributed by atoms with van der Waals surface area (Å²) in [5.74, 6) is 0.289. The van der Waals surface area contributed by atoms with E-state index >= 15 is 0 Å². The second-order valence-corrected chi connectivity index (χ2v) is 8.60. The number of anilines is 1. The van der Waals surface area contributed by atoms with Crippen molar-refractivity contribution in [3.63, 3.8) is 0 Å². The number of amides is 1. The highest BCUT2D eigenvalue weighted by Crippen LogP contribution is 2.42. The van der Waals surface area contributed by atoms with Crippen molar-refractivity contribution < 1.29 is 4.79 Å². The summed E-state index contributed by atoms with van der Waals surface area (Å²) in [5, 5.41) is 1.81. The Labute approximate surface area is 148 Å². The first-order valence-electron chi connectivity index (χ1n) is 8.41. The van der Waals surface area contributed by atoms with Gasteiger partial charge in [-0.3, -0.25) is 9.79 Å². The number of thiazole rings is 1. The highest BCUT2D eigenvalue weighted by atomic mass is 32.2. The van der Waals surface area contributed by atoms with Crippen molar-refractivity contribution in [3.8, 4) is 0 Å². The molecule has 1 aromatic carbocycles. The molecule has 0 aliphatic carbocycles. The Morgan fingerprint density at radius 2 is 2.12 bits per heavy atom. The molecule has 5 rings (SSSR count). The zero-order valence-corrected chi connectivity index (χ0v) is 14.9. The number of hydrogen-bond acceptors (Lipinski definition) is 6. The zero-order valence-electron chi connectivity index (χ0n) is 13.2. The van der Waals surface area contributed by atoms with Crippen molar-refractivity contribution in [2.75, 3.05) is 23.7 Å². The molecule has 5 nitrogen and oxygen atoms in total. The quantitative estimate of drug-likeness (QED) is 0.894. The molecule has 1 atom stereocenters. The monoisotopic (exact) mass is 358 g/mol. The van der Waals surface area contributed by atoms with Crippen LogP contribution in [0.4, 0.5) is 5.69 Å². The Hall–Kier alpha value is -1.60. The lowest BCUT2D eigenvalue weighted by molar-refractivity contribution is -0.118. The van der Waals surface area contributed by atoms with Crippen LogP contribution in [0.15, 0.2) is 11.1 Å². The Morgan fingerprint density at radius 3 is 2.92 bits per heavy atom. The van der Waals surface area contributed by atoms with Gasteiger partial charge in [0.25, 0.3) is 0 Å². The number of aryl methyl sites for hydroxylation is 2. The van der Waals surface area contributed by atoms with E-state index in [1.807, 2.05) is 0 Å². The fraction of sp³-hybridized carbons (Fsp3) is 0.471. The molecule has 0 bridgehead atoms. The molecule has 7 heteroatoms. The predicted molar refractivity (Wildman–Crippen MR) is 100 cm³/mol. The van der Waals surface area contributed by atoms with Gasteiger partial charge >= 0.3 is 0 Å². The molecule has 0 saturated heterocycles. The molecular formula is C17H18N4OS2. The van der Waals surface area contributed by atoms with Gasteiger partial charge in [-0.15, -0.1) is 23.1 Å². The SMILES string of the molecule is NC(=O)[C@H]1CSC(c2nc3cc4c5c(c3s2)CCCN5CCC4)=N1. The maximum atomic E-state index is 11.3. The summed E-state index contributed by atoms with van der Waals surface area (Å²) in [6.45, 7) is 2.36. The lowest BCUT2D eigenvalue weighted by Gasteiger charge is -2.36. The number of hydrogen-bond donors (Lipinski definition) is 1. The molecule has 2 N–H and O–H groups in total. The Bertz CT molecular complexity index is 886.